The quantitative estimate of drug-likeness (QED) is 0.791. The predicted molar refractivity (Wildman–Crippen MR) is 98.2 cm³/mol. The maximum atomic E-state index is 13.3. The summed E-state index contributed by atoms with van der Waals surface area (Å²) in [7, 11) is -2.18. The highest BCUT2D eigenvalue weighted by Crippen LogP contribution is 2.49. The summed E-state index contributed by atoms with van der Waals surface area (Å²) in [6.45, 7) is 1.03. The predicted octanol–water partition coefficient (Wildman–Crippen LogP) is 1.36. The van der Waals surface area contributed by atoms with Crippen molar-refractivity contribution in [3.05, 3.63) is 59.9 Å². The number of amides is 1. The molecule has 1 aromatic carbocycles. The molecule has 2 aromatic rings. The van der Waals surface area contributed by atoms with Gasteiger partial charge in [-0.3, -0.25) is 9.78 Å². The van der Waals surface area contributed by atoms with Crippen molar-refractivity contribution in [3.63, 3.8) is 0 Å². The van der Waals surface area contributed by atoms with Gasteiger partial charge < -0.3 is 9.64 Å². The summed E-state index contributed by atoms with van der Waals surface area (Å²) >= 11 is 0. The Hall–Kier alpha value is -2.29. The Morgan fingerprint density at radius 2 is 2.07 bits per heavy atom. The number of fused-ring (bicyclic) bond motifs is 2. The van der Waals surface area contributed by atoms with Gasteiger partial charge in [-0.2, -0.15) is 4.31 Å². The minimum absolute atomic E-state index is 0.00686. The topological polar surface area (TPSA) is 79.8 Å². The van der Waals surface area contributed by atoms with Gasteiger partial charge in [-0.05, 0) is 29.7 Å². The second kappa shape index (κ2) is 6.70. The average molecular weight is 387 g/mol. The molecule has 1 atom stereocenters. The number of nitrogens with zero attached hydrogens (tertiary/aromatic N) is 3. The maximum Gasteiger partial charge on any atom is 0.248 e. The Morgan fingerprint density at radius 3 is 2.81 bits per heavy atom. The van der Waals surface area contributed by atoms with Crippen LogP contribution in [0.15, 0.2) is 53.7 Å². The Kier molecular flexibility index (Phi) is 4.49. The fourth-order valence-electron chi connectivity index (χ4n) is 4.10. The van der Waals surface area contributed by atoms with Crippen molar-refractivity contribution in [1.29, 1.82) is 0 Å². The molecule has 1 fully saturated rings. The Labute approximate surface area is 158 Å². The van der Waals surface area contributed by atoms with Gasteiger partial charge in [0.15, 0.2) is 0 Å². The van der Waals surface area contributed by atoms with E-state index in [1.807, 2.05) is 18.2 Å². The minimum Gasteiger partial charge on any atom is -0.375 e. The molecule has 7 nitrogen and oxygen atoms in total. The van der Waals surface area contributed by atoms with Crippen LogP contribution in [0.4, 0.5) is 0 Å². The highest BCUT2D eigenvalue weighted by molar-refractivity contribution is 7.89. The third-order valence-corrected chi connectivity index (χ3v) is 7.32. The van der Waals surface area contributed by atoms with Crippen molar-refractivity contribution in [2.75, 3.05) is 26.8 Å². The van der Waals surface area contributed by atoms with Gasteiger partial charge in [0.05, 0.1) is 10.4 Å². The van der Waals surface area contributed by atoms with E-state index in [-0.39, 0.29) is 19.1 Å². The van der Waals surface area contributed by atoms with E-state index in [1.54, 1.807) is 39.8 Å². The number of methoxy groups -OCH3 is 1. The SMILES string of the molecule is COCC(=O)N1CCC2(C1)c1ccccc1S(=O)(=O)N2Cc1cccnc1. The number of aromatic nitrogens is 1. The molecule has 1 aromatic heterocycles. The van der Waals surface area contributed by atoms with Gasteiger partial charge in [0.25, 0.3) is 0 Å². The molecular weight excluding hydrogens is 366 g/mol. The Morgan fingerprint density at radius 1 is 1.26 bits per heavy atom. The zero-order valence-electron chi connectivity index (χ0n) is 15.0. The lowest BCUT2D eigenvalue weighted by atomic mass is 9.88. The van der Waals surface area contributed by atoms with E-state index in [4.69, 9.17) is 4.74 Å². The lowest BCUT2D eigenvalue weighted by Crippen LogP contribution is -2.46. The van der Waals surface area contributed by atoms with Crippen molar-refractivity contribution in [2.24, 2.45) is 0 Å². The summed E-state index contributed by atoms with van der Waals surface area (Å²) in [5.74, 6) is -0.127. The van der Waals surface area contributed by atoms with E-state index in [0.29, 0.717) is 24.4 Å². The molecular formula is C19H21N3O4S. The molecule has 1 amide bonds. The molecule has 8 heteroatoms. The van der Waals surface area contributed by atoms with E-state index in [1.165, 1.54) is 7.11 Å². The number of carbonyl (C=O) groups excluding carboxylic acids is 1. The highest BCUT2D eigenvalue weighted by atomic mass is 32.2. The molecule has 2 aliphatic rings. The largest absolute Gasteiger partial charge is 0.375 e. The first kappa shape index (κ1) is 18.1. The molecule has 1 spiro atoms. The number of benzene rings is 1. The fourth-order valence-corrected chi connectivity index (χ4v) is 6.15. The second-order valence-electron chi connectivity index (χ2n) is 6.90. The molecule has 4 rings (SSSR count). The maximum absolute atomic E-state index is 13.3. The van der Waals surface area contributed by atoms with Gasteiger partial charge in [-0.25, -0.2) is 8.42 Å². The van der Waals surface area contributed by atoms with Crippen LogP contribution < -0.4 is 0 Å². The number of hydrogen-bond donors (Lipinski definition) is 0. The van der Waals surface area contributed by atoms with Crippen molar-refractivity contribution in [3.8, 4) is 0 Å². The molecule has 0 saturated carbocycles. The summed E-state index contributed by atoms with van der Waals surface area (Å²) in [5, 5.41) is 0. The van der Waals surface area contributed by atoms with Crippen LogP contribution in [-0.2, 0) is 31.6 Å². The van der Waals surface area contributed by atoms with E-state index in [9.17, 15) is 13.2 Å². The summed E-state index contributed by atoms with van der Waals surface area (Å²) < 4.78 is 33.2. The number of pyridine rings is 1. The number of sulfonamides is 1. The average Bonchev–Trinajstić information content (AvgIpc) is 3.19. The van der Waals surface area contributed by atoms with Gasteiger partial charge in [-0.15, -0.1) is 0 Å². The van der Waals surface area contributed by atoms with Crippen molar-refractivity contribution in [1.82, 2.24) is 14.2 Å². The Bertz CT molecular complexity index is 964. The molecule has 0 bridgehead atoms. The molecule has 2 aliphatic heterocycles. The van der Waals surface area contributed by atoms with E-state index >= 15 is 0 Å². The van der Waals surface area contributed by atoms with Crippen LogP contribution in [-0.4, -0.2) is 55.3 Å². The van der Waals surface area contributed by atoms with Crippen molar-refractivity contribution < 1.29 is 17.9 Å². The van der Waals surface area contributed by atoms with E-state index < -0.39 is 15.6 Å². The summed E-state index contributed by atoms with van der Waals surface area (Å²) in [6, 6.07) is 10.8. The van der Waals surface area contributed by atoms with Crippen LogP contribution in [0.3, 0.4) is 0 Å². The lowest BCUT2D eigenvalue weighted by Gasteiger charge is -2.34. The van der Waals surface area contributed by atoms with Crippen LogP contribution in [0.5, 0.6) is 0 Å². The standard InChI is InChI=1S/C19H21N3O4S/c1-26-13-18(23)21-10-8-19(14-21)16-6-2-3-7-17(16)27(24,25)22(19)12-15-5-4-9-20-11-15/h2-7,9,11H,8,10,12-14H2,1H3. The molecule has 3 heterocycles. The summed E-state index contributed by atoms with van der Waals surface area (Å²) in [6.07, 6.45) is 3.89. The normalized spacial score (nSPS) is 23.7. The summed E-state index contributed by atoms with van der Waals surface area (Å²) in [4.78, 5) is 18.5. The number of ether oxygens (including phenoxy) is 1. The molecule has 27 heavy (non-hydrogen) atoms. The van der Waals surface area contributed by atoms with Gasteiger partial charge >= 0.3 is 0 Å². The van der Waals surface area contributed by atoms with Gasteiger partial charge in [0, 0.05) is 39.1 Å². The monoisotopic (exact) mass is 387 g/mol. The van der Waals surface area contributed by atoms with Gasteiger partial charge in [0.2, 0.25) is 15.9 Å². The number of likely N-dealkylation sites (tertiary alicyclic amines) is 1. The van der Waals surface area contributed by atoms with E-state index in [2.05, 4.69) is 4.98 Å². The highest BCUT2D eigenvalue weighted by Gasteiger charge is 2.57. The number of rotatable bonds is 4. The zero-order chi connectivity index (χ0) is 19.1. The molecule has 0 aliphatic carbocycles. The molecule has 0 N–H and O–H groups in total. The summed E-state index contributed by atoms with van der Waals surface area (Å²) in [5.41, 5.74) is 0.825. The lowest BCUT2D eigenvalue weighted by molar-refractivity contribution is -0.134. The number of carbonyl (C=O) groups is 1. The van der Waals surface area contributed by atoms with Crippen LogP contribution in [0.25, 0.3) is 0 Å². The first-order valence-corrected chi connectivity index (χ1v) is 10.2. The molecule has 142 valence electrons. The molecule has 1 unspecified atom stereocenters. The van der Waals surface area contributed by atoms with Crippen LogP contribution in [0, 0.1) is 0 Å². The van der Waals surface area contributed by atoms with Crippen LogP contribution in [0.1, 0.15) is 17.5 Å². The molecule has 0 radical (unpaired) electrons. The van der Waals surface area contributed by atoms with Gasteiger partial charge in [0.1, 0.15) is 6.61 Å². The third-order valence-electron chi connectivity index (χ3n) is 5.35. The van der Waals surface area contributed by atoms with Crippen molar-refractivity contribution in [2.45, 2.75) is 23.4 Å². The van der Waals surface area contributed by atoms with Crippen LogP contribution >= 0.6 is 0 Å². The minimum atomic E-state index is -3.66. The third kappa shape index (κ3) is 2.84. The number of hydrogen-bond acceptors (Lipinski definition) is 5. The molecule has 1 saturated heterocycles. The van der Waals surface area contributed by atoms with Gasteiger partial charge in [-0.1, -0.05) is 24.3 Å². The smallest absolute Gasteiger partial charge is 0.248 e. The van der Waals surface area contributed by atoms with E-state index in [0.717, 1.165) is 11.1 Å². The fraction of sp³-hybridized carbons (Fsp3) is 0.368. The van der Waals surface area contributed by atoms with Crippen molar-refractivity contribution >= 4 is 15.9 Å². The first-order valence-electron chi connectivity index (χ1n) is 8.77. The zero-order valence-corrected chi connectivity index (χ0v) is 15.9. The Balaban J connectivity index is 1.78. The van der Waals surface area contributed by atoms with Crippen LogP contribution in [0.2, 0.25) is 0 Å². The first-order chi connectivity index (χ1) is 13.0. The second-order valence-corrected chi connectivity index (χ2v) is 8.73.